The zero-order chi connectivity index (χ0) is 18.0. The minimum atomic E-state index is -1.05. The van der Waals surface area contributed by atoms with E-state index in [1.807, 2.05) is 6.07 Å². The molecule has 7 nitrogen and oxygen atoms in total. The van der Waals surface area contributed by atoms with Crippen LogP contribution in [0.15, 0.2) is 30.5 Å². The number of hydrogen-bond acceptors (Lipinski definition) is 5. The van der Waals surface area contributed by atoms with Gasteiger partial charge in [-0.15, -0.1) is 0 Å². The molecular formula is C17H17ClN2O5. The van der Waals surface area contributed by atoms with Crippen molar-refractivity contribution in [1.82, 2.24) is 9.88 Å². The van der Waals surface area contributed by atoms with E-state index in [-0.39, 0.29) is 25.7 Å². The Kier molecular flexibility index (Phi) is 5.06. The first kappa shape index (κ1) is 17.4. The highest BCUT2D eigenvalue weighted by atomic mass is 35.5. The molecule has 2 aromatic rings. The molecule has 2 heterocycles. The number of likely N-dealkylation sites (tertiary alicyclic amines) is 1. The number of rotatable bonds is 5. The summed E-state index contributed by atoms with van der Waals surface area (Å²) in [6.45, 7) is -0.0528. The summed E-state index contributed by atoms with van der Waals surface area (Å²) in [5.41, 5.74) is 0.550. The van der Waals surface area contributed by atoms with Gasteiger partial charge in [0.1, 0.15) is 17.3 Å². The fourth-order valence-corrected chi connectivity index (χ4v) is 3.14. The molecule has 1 saturated heterocycles. The van der Waals surface area contributed by atoms with Crippen molar-refractivity contribution in [3.05, 3.63) is 35.5 Å². The molecule has 1 N–H and O–H groups in total. The van der Waals surface area contributed by atoms with E-state index in [0.29, 0.717) is 16.3 Å². The third-order valence-electron chi connectivity index (χ3n) is 4.23. The standard InChI is InChI=1S/C17H17ClN2O5/c1-24-10-7-13(17(22)23)20(8-10)15(21)9-25-14-5-4-12(18)11-3-2-6-19-16(11)14/h2-6,10,13H,7-9H2,1H3,(H,22,23). The number of carboxylic acid groups (broad SMARTS) is 1. The monoisotopic (exact) mass is 364 g/mol. The van der Waals surface area contributed by atoms with Crippen molar-refractivity contribution in [2.75, 3.05) is 20.3 Å². The van der Waals surface area contributed by atoms with Crippen molar-refractivity contribution < 1.29 is 24.2 Å². The van der Waals surface area contributed by atoms with Crippen molar-refractivity contribution in [3.63, 3.8) is 0 Å². The average molecular weight is 365 g/mol. The second-order valence-corrected chi connectivity index (χ2v) is 6.13. The molecule has 1 aromatic carbocycles. The number of fused-ring (bicyclic) bond motifs is 1. The summed E-state index contributed by atoms with van der Waals surface area (Å²) >= 11 is 6.13. The number of nitrogens with zero attached hydrogens (tertiary/aromatic N) is 2. The Morgan fingerprint density at radius 2 is 2.20 bits per heavy atom. The Morgan fingerprint density at radius 1 is 1.40 bits per heavy atom. The van der Waals surface area contributed by atoms with Gasteiger partial charge >= 0.3 is 5.97 Å². The van der Waals surface area contributed by atoms with Crippen LogP contribution in [0.5, 0.6) is 5.75 Å². The number of carbonyl (C=O) groups excluding carboxylic acids is 1. The van der Waals surface area contributed by atoms with Crippen LogP contribution < -0.4 is 4.74 Å². The number of aromatic nitrogens is 1. The first-order valence-electron chi connectivity index (χ1n) is 7.72. The van der Waals surface area contributed by atoms with Crippen LogP contribution in [0.1, 0.15) is 6.42 Å². The Bertz CT molecular complexity index is 813. The van der Waals surface area contributed by atoms with Crippen molar-refractivity contribution in [3.8, 4) is 5.75 Å². The van der Waals surface area contributed by atoms with E-state index in [9.17, 15) is 14.7 Å². The highest BCUT2D eigenvalue weighted by molar-refractivity contribution is 6.35. The molecule has 1 amide bonds. The molecule has 3 rings (SSSR count). The van der Waals surface area contributed by atoms with Gasteiger partial charge in [0.25, 0.3) is 5.91 Å². The van der Waals surface area contributed by atoms with Gasteiger partial charge in [-0.2, -0.15) is 0 Å². The Labute approximate surface area is 149 Å². The third kappa shape index (κ3) is 3.52. The molecule has 2 atom stereocenters. The smallest absolute Gasteiger partial charge is 0.326 e. The molecule has 8 heteroatoms. The summed E-state index contributed by atoms with van der Waals surface area (Å²) in [6, 6.07) is 5.98. The molecule has 1 aromatic heterocycles. The van der Waals surface area contributed by atoms with Crippen LogP contribution in [0.3, 0.4) is 0 Å². The number of aliphatic carboxylic acids is 1. The topological polar surface area (TPSA) is 89.0 Å². The van der Waals surface area contributed by atoms with Gasteiger partial charge in [-0.05, 0) is 24.3 Å². The van der Waals surface area contributed by atoms with Crippen LogP contribution in [-0.4, -0.2) is 59.3 Å². The van der Waals surface area contributed by atoms with Gasteiger partial charge in [0.05, 0.1) is 11.1 Å². The molecule has 1 aliphatic rings. The van der Waals surface area contributed by atoms with Gasteiger partial charge in [0.15, 0.2) is 6.61 Å². The van der Waals surface area contributed by atoms with Gasteiger partial charge in [0, 0.05) is 31.7 Å². The van der Waals surface area contributed by atoms with E-state index >= 15 is 0 Å². The summed E-state index contributed by atoms with van der Waals surface area (Å²) in [5, 5.41) is 10.5. The van der Waals surface area contributed by atoms with Crippen LogP contribution >= 0.6 is 11.6 Å². The number of methoxy groups -OCH3 is 1. The molecule has 0 saturated carbocycles. The number of amides is 1. The van der Waals surface area contributed by atoms with Crippen LogP contribution in [0.4, 0.5) is 0 Å². The molecule has 0 spiro atoms. The Balaban J connectivity index is 1.74. The lowest BCUT2D eigenvalue weighted by atomic mass is 10.2. The molecule has 25 heavy (non-hydrogen) atoms. The largest absolute Gasteiger partial charge is 0.481 e. The van der Waals surface area contributed by atoms with Gasteiger partial charge < -0.3 is 19.5 Å². The SMILES string of the molecule is COC1CC(C(=O)O)N(C(=O)COc2ccc(Cl)c3cccnc23)C1. The molecule has 0 bridgehead atoms. The summed E-state index contributed by atoms with van der Waals surface area (Å²) in [5.74, 6) is -1.04. The number of carboxylic acids is 1. The highest BCUT2D eigenvalue weighted by Gasteiger charge is 2.39. The van der Waals surface area contributed by atoms with Crippen LogP contribution in [0, 0.1) is 0 Å². The molecule has 1 fully saturated rings. The lowest BCUT2D eigenvalue weighted by molar-refractivity contribution is -0.148. The lowest BCUT2D eigenvalue weighted by Gasteiger charge is -2.21. The van der Waals surface area contributed by atoms with E-state index in [0.717, 1.165) is 5.39 Å². The third-order valence-corrected chi connectivity index (χ3v) is 4.56. The summed E-state index contributed by atoms with van der Waals surface area (Å²) in [6.07, 6.45) is 1.59. The maximum absolute atomic E-state index is 12.4. The molecule has 0 radical (unpaired) electrons. The second-order valence-electron chi connectivity index (χ2n) is 5.73. The molecule has 0 aliphatic carbocycles. The number of hydrogen-bond donors (Lipinski definition) is 1. The zero-order valence-corrected chi connectivity index (χ0v) is 14.3. The first-order valence-corrected chi connectivity index (χ1v) is 8.10. The molecule has 2 unspecified atom stereocenters. The van der Waals surface area contributed by atoms with E-state index in [4.69, 9.17) is 21.1 Å². The fourth-order valence-electron chi connectivity index (χ4n) is 2.93. The van der Waals surface area contributed by atoms with E-state index in [1.54, 1.807) is 24.4 Å². The zero-order valence-electron chi connectivity index (χ0n) is 13.5. The normalized spacial score (nSPS) is 20.0. The quantitative estimate of drug-likeness (QED) is 0.872. The van der Waals surface area contributed by atoms with Gasteiger partial charge in [0.2, 0.25) is 0 Å². The average Bonchev–Trinajstić information content (AvgIpc) is 3.06. The van der Waals surface area contributed by atoms with Crippen molar-refractivity contribution in [1.29, 1.82) is 0 Å². The van der Waals surface area contributed by atoms with E-state index in [2.05, 4.69) is 4.98 Å². The second kappa shape index (κ2) is 7.25. The van der Waals surface area contributed by atoms with Gasteiger partial charge in [-0.25, -0.2) is 4.79 Å². The molecule has 132 valence electrons. The Hall–Kier alpha value is -2.38. The number of ether oxygens (including phenoxy) is 2. The summed E-state index contributed by atoms with van der Waals surface area (Å²) in [4.78, 5) is 29.3. The molecular weight excluding hydrogens is 348 g/mol. The minimum absolute atomic E-state index is 0.231. The maximum atomic E-state index is 12.4. The summed E-state index contributed by atoms with van der Waals surface area (Å²) in [7, 11) is 1.50. The van der Waals surface area contributed by atoms with Crippen LogP contribution in [0.25, 0.3) is 10.9 Å². The number of halogens is 1. The predicted octanol–water partition coefficient (Wildman–Crippen LogP) is 1.97. The Morgan fingerprint density at radius 3 is 2.92 bits per heavy atom. The predicted molar refractivity (Wildman–Crippen MR) is 90.8 cm³/mol. The number of pyridine rings is 1. The summed E-state index contributed by atoms with van der Waals surface area (Å²) < 4.78 is 10.8. The lowest BCUT2D eigenvalue weighted by Crippen LogP contribution is -2.43. The van der Waals surface area contributed by atoms with Gasteiger partial charge in [-0.3, -0.25) is 9.78 Å². The maximum Gasteiger partial charge on any atom is 0.326 e. The first-order chi connectivity index (χ1) is 12.0. The van der Waals surface area contributed by atoms with Crippen molar-refractivity contribution in [2.24, 2.45) is 0 Å². The fraction of sp³-hybridized carbons (Fsp3) is 0.353. The van der Waals surface area contributed by atoms with E-state index in [1.165, 1.54) is 12.0 Å². The van der Waals surface area contributed by atoms with Crippen molar-refractivity contribution in [2.45, 2.75) is 18.6 Å². The van der Waals surface area contributed by atoms with Crippen LogP contribution in [0.2, 0.25) is 5.02 Å². The number of carbonyl (C=O) groups is 2. The number of benzene rings is 1. The van der Waals surface area contributed by atoms with Gasteiger partial charge in [-0.1, -0.05) is 11.6 Å². The minimum Gasteiger partial charge on any atom is -0.481 e. The highest BCUT2D eigenvalue weighted by Crippen LogP contribution is 2.29. The van der Waals surface area contributed by atoms with E-state index < -0.39 is 17.9 Å². The van der Waals surface area contributed by atoms with Crippen molar-refractivity contribution >= 4 is 34.4 Å². The van der Waals surface area contributed by atoms with Crippen LogP contribution in [-0.2, 0) is 14.3 Å². The molecule has 1 aliphatic heterocycles.